The van der Waals surface area contributed by atoms with Crippen LogP contribution in [0.1, 0.15) is 13.8 Å². The van der Waals surface area contributed by atoms with E-state index in [-0.39, 0.29) is 6.04 Å². The Morgan fingerprint density at radius 3 is 2.57 bits per heavy atom. The molecular formula is C14H19BrN2O4. The smallest absolute Gasteiger partial charge is 0.414 e. The Morgan fingerprint density at radius 2 is 2.05 bits per heavy atom. The molecule has 0 heterocycles. The molecule has 0 saturated heterocycles. The van der Waals surface area contributed by atoms with Crippen LogP contribution in [0.2, 0.25) is 0 Å². The largest absolute Gasteiger partial charge is 0.465 e. The number of nitrogens with zero attached hydrogens (tertiary/aromatic N) is 2. The highest BCUT2D eigenvalue weighted by molar-refractivity contribution is 9.09. The van der Waals surface area contributed by atoms with Crippen LogP contribution in [-0.4, -0.2) is 47.2 Å². The number of hydrogen-bond donors (Lipinski definition) is 1. The summed E-state index contributed by atoms with van der Waals surface area (Å²) in [7, 11) is 1.63. The molecule has 1 aromatic carbocycles. The minimum Gasteiger partial charge on any atom is -0.465 e. The van der Waals surface area contributed by atoms with Crippen molar-refractivity contribution in [2.24, 2.45) is 0 Å². The zero-order valence-corrected chi connectivity index (χ0v) is 13.8. The van der Waals surface area contributed by atoms with Crippen LogP contribution in [-0.2, 0) is 0 Å². The van der Waals surface area contributed by atoms with Gasteiger partial charge >= 0.3 is 12.2 Å². The Hall–Kier alpha value is -1.76. The van der Waals surface area contributed by atoms with E-state index in [1.165, 1.54) is 15.9 Å². The van der Waals surface area contributed by atoms with Gasteiger partial charge in [-0.3, -0.25) is 4.90 Å². The molecule has 7 heteroatoms. The van der Waals surface area contributed by atoms with E-state index >= 15 is 0 Å². The number of benzene rings is 1. The maximum absolute atomic E-state index is 11.8. The second-order valence-corrected chi connectivity index (χ2v) is 5.52. The van der Waals surface area contributed by atoms with Gasteiger partial charge in [0.25, 0.3) is 0 Å². The summed E-state index contributed by atoms with van der Waals surface area (Å²) in [6, 6.07) is 6.25. The van der Waals surface area contributed by atoms with Crippen molar-refractivity contribution in [3.05, 3.63) is 24.3 Å². The normalized spacial score (nSPS) is 10.3. The number of carbonyl (C=O) groups is 2. The average Bonchev–Trinajstić information content (AvgIpc) is 2.38. The molecule has 0 aliphatic rings. The van der Waals surface area contributed by atoms with Crippen molar-refractivity contribution in [3.8, 4) is 5.75 Å². The van der Waals surface area contributed by atoms with E-state index in [4.69, 9.17) is 4.74 Å². The fraction of sp³-hybridized carbons (Fsp3) is 0.429. The van der Waals surface area contributed by atoms with Gasteiger partial charge < -0.3 is 14.7 Å². The summed E-state index contributed by atoms with van der Waals surface area (Å²) in [6.45, 7) is 4.07. The molecule has 0 spiro atoms. The van der Waals surface area contributed by atoms with Gasteiger partial charge in [0, 0.05) is 31.0 Å². The van der Waals surface area contributed by atoms with Crippen molar-refractivity contribution in [2.75, 3.05) is 23.8 Å². The third-order valence-corrected chi connectivity index (χ3v) is 3.11. The quantitative estimate of drug-likeness (QED) is 0.818. The summed E-state index contributed by atoms with van der Waals surface area (Å²) in [4.78, 5) is 25.7. The predicted molar refractivity (Wildman–Crippen MR) is 84.5 cm³/mol. The van der Waals surface area contributed by atoms with E-state index in [0.29, 0.717) is 23.3 Å². The molecule has 21 heavy (non-hydrogen) atoms. The number of hydrogen-bond acceptors (Lipinski definition) is 3. The first-order valence-electron chi connectivity index (χ1n) is 6.48. The lowest BCUT2D eigenvalue weighted by atomic mass is 10.2. The summed E-state index contributed by atoms with van der Waals surface area (Å²) in [5, 5.41) is 9.88. The molecule has 0 aliphatic carbocycles. The number of alkyl halides is 1. The number of ether oxygens (including phenoxy) is 1. The monoisotopic (exact) mass is 358 g/mol. The van der Waals surface area contributed by atoms with Crippen LogP contribution < -0.4 is 9.64 Å². The molecule has 1 aromatic rings. The van der Waals surface area contributed by atoms with E-state index in [9.17, 15) is 14.7 Å². The van der Waals surface area contributed by atoms with Gasteiger partial charge in [-0.25, -0.2) is 9.59 Å². The topological polar surface area (TPSA) is 70.1 Å². The van der Waals surface area contributed by atoms with E-state index in [2.05, 4.69) is 15.9 Å². The highest BCUT2D eigenvalue weighted by Gasteiger charge is 2.19. The van der Waals surface area contributed by atoms with Crippen LogP contribution >= 0.6 is 15.9 Å². The van der Waals surface area contributed by atoms with Crippen molar-refractivity contribution >= 4 is 33.8 Å². The molecular weight excluding hydrogens is 340 g/mol. The van der Waals surface area contributed by atoms with Gasteiger partial charge in [0.15, 0.2) is 0 Å². The first kappa shape index (κ1) is 17.3. The maximum Gasteiger partial charge on any atom is 0.414 e. The van der Waals surface area contributed by atoms with Crippen LogP contribution in [0.15, 0.2) is 24.3 Å². The molecule has 1 N–H and O–H groups in total. The molecule has 0 saturated carbocycles. The number of halogens is 1. The number of amides is 2. The van der Waals surface area contributed by atoms with Gasteiger partial charge in [-0.15, -0.1) is 0 Å². The van der Waals surface area contributed by atoms with E-state index < -0.39 is 12.2 Å². The lowest BCUT2D eigenvalue weighted by Gasteiger charge is -2.24. The zero-order valence-electron chi connectivity index (χ0n) is 12.2. The van der Waals surface area contributed by atoms with E-state index in [1.807, 2.05) is 0 Å². The summed E-state index contributed by atoms with van der Waals surface area (Å²) in [6.07, 6.45) is -1.54. The molecule has 2 amide bonds. The SMILES string of the molecule is CC(C)N(C(=O)O)c1cccc(OC(=O)N(C)CCBr)c1. The highest BCUT2D eigenvalue weighted by Crippen LogP contribution is 2.23. The number of anilines is 1. The number of rotatable bonds is 5. The van der Waals surface area contributed by atoms with Crippen molar-refractivity contribution in [1.82, 2.24) is 4.90 Å². The molecule has 0 atom stereocenters. The number of carboxylic acid groups (broad SMARTS) is 1. The molecule has 0 aliphatic heterocycles. The molecule has 116 valence electrons. The third-order valence-electron chi connectivity index (χ3n) is 2.76. The second kappa shape index (κ2) is 7.87. The Morgan fingerprint density at radius 1 is 1.38 bits per heavy atom. The Bertz CT molecular complexity index is 508. The fourth-order valence-electron chi connectivity index (χ4n) is 1.72. The Kier molecular flexibility index (Phi) is 6.48. The summed E-state index contributed by atoms with van der Waals surface area (Å²) in [5.41, 5.74) is 0.464. The molecule has 0 aromatic heterocycles. The zero-order chi connectivity index (χ0) is 16.0. The first-order chi connectivity index (χ1) is 9.86. The predicted octanol–water partition coefficient (Wildman–Crippen LogP) is 3.40. The highest BCUT2D eigenvalue weighted by atomic mass is 79.9. The Labute approximate surface area is 132 Å². The van der Waals surface area contributed by atoms with E-state index in [0.717, 1.165) is 0 Å². The number of carbonyl (C=O) groups excluding carboxylic acids is 1. The van der Waals surface area contributed by atoms with Crippen molar-refractivity contribution in [3.63, 3.8) is 0 Å². The third kappa shape index (κ3) is 4.93. The minimum absolute atomic E-state index is 0.218. The Balaban J connectivity index is 2.90. The molecule has 6 nitrogen and oxygen atoms in total. The molecule has 0 fully saturated rings. The van der Waals surface area contributed by atoms with Gasteiger partial charge in [-0.1, -0.05) is 22.0 Å². The summed E-state index contributed by atoms with van der Waals surface area (Å²) < 4.78 is 5.23. The van der Waals surface area contributed by atoms with Gasteiger partial charge in [0.05, 0.1) is 5.69 Å². The van der Waals surface area contributed by atoms with Gasteiger partial charge in [-0.2, -0.15) is 0 Å². The first-order valence-corrected chi connectivity index (χ1v) is 7.60. The molecule has 0 bridgehead atoms. The van der Waals surface area contributed by atoms with Gasteiger partial charge in [0.1, 0.15) is 5.75 Å². The summed E-state index contributed by atoms with van der Waals surface area (Å²) in [5.74, 6) is 0.311. The molecule has 0 unspecified atom stereocenters. The fourth-order valence-corrected chi connectivity index (χ4v) is 2.26. The van der Waals surface area contributed by atoms with Crippen LogP contribution in [0.4, 0.5) is 15.3 Å². The average molecular weight is 359 g/mol. The lowest BCUT2D eigenvalue weighted by molar-refractivity contribution is 0.165. The van der Waals surface area contributed by atoms with Crippen LogP contribution in [0.3, 0.4) is 0 Å². The van der Waals surface area contributed by atoms with Gasteiger partial charge in [-0.05, 0) is 26.0 Å². The van der Waals surface area contributed by atoms with Crippen LogP contribution in [0, 0.1) is 0 Å². The standard InChI is InChI=1S/C14H19BrN2O4/c1-10(2)17(13(18)19)11-5-4-6-12(9-11)21-14(20)16(3)8-7-15/h4-6,9-10H,7-8H2,1-3H3,(H,18,19). The van der Waals surface area contributed by atoms with Crippen LogP contribution in [0.5, 0.6) is 5.75 Å². The van der Waals surface area contributed by atoms with E-state index in [1.54, 1.807) is 39.1 Å². The molecule has 1 rings (SSSR count). The van der Waals surface area contributed by atoms with Crippen molar-refractivity contribution in [2.45, 2.75) is 19.9 Å². The maximum atomic E-state index is 11.8. The van der Waals surface area contributed by atoms with Crippen molar-refractivity contribution in [1.29, 1.82) is 0 Å². The summed E-state index contributed by atoms with van der Waals surface area (Å²) >= 11 is 3.24. The molecule has 0 radical (unpaired) electrons. The van der Waals surface area contributed by atoms with Crippen molar-refractivity contribution < 1.29 is 19.4 Å². The minimum atomic E-state index is -1.05. The lowest BCUT2D eigenvalue weighted by Crippen LogP contribution is -2.35. The van der Waals surface area contributed by atoms with Crippen LogP contribution in [0.25, 0.3) is 0 Å². The van der Waals surface area contributed by atoms with Gasteiger partial charge in [0.2, 0.25) is 0 Å². The second-order valence-electron chi connectivity index (χ2n) is 4.72.